The maximum atomic E-state index is 12.4. The van der Waals surface area contributed by atoms with Crippen LogP contribution >= 0.6 is 31.9 Å². The molecular formula is C21H17Br2N3O. The second kappa shape index (κ2) is 7.54. The van der Waals surface area contributed by atoms with Crippen LogP contribution in [-0.4, -0.2) is 9.97 Å². The molecule has 0 fully saturated rings. The highest BCUT2D eigenvalue weighted by Crippen LogP contribution is 2.25. The van der Waals surface area contributed by atoms with Gasteiger partial charge in [-0.25, -0.2) is 4.98 Å². The molecule has 0 amide bonds. The molecule has 3 aromatic carbocycles. The topological polar surface area (TPSA) is 57.8 Å². The Morgan fingerprint density at radius 2 is 1.85 bits per heavy atom. The van der Waals surface area contributed by atoms with Crippen molar-refractivity contribution < 1.29 is 0 Å². The molecule has 0 unspecified atom stereocenters. The van der Waals surface area contributed by atoms with E-state index in [0.29, 0.717) is 23.3 Å². The van der Waals surface area contributed by atoms with Crippen molar-refractivity contribution in [2.75, 3.05) is 0 Å². The van der Waals surface area contributed by atoms with Crippen LogP contribution < -0.4 is 10.9 Å². The third-order valence-electron chi connectivity index (χ3n) is 4.63. The van der Waals surface area contributed by atoms with Crippen LogP contribution in [0.15, 0.2) is 68.3 Å². The Morgan fingerprint density at radius 1 is 1.07 bits per heavy atom. The Bertz CT molecular complexity index is 1200. The molecule has 0 aliphatic heterocycles. The normalized spacial score (nSPS) is 12.6. The molecule has 136 valence electrons. The molecule has 0 aliphatic rings. The Hall–Kier alpha value is -2.02. The minimum atomic E-state index is -0.142. The van der Waals surface area contributed by atoms with Crippen LogP contribution in [0.4, 0.5) is 0 Å². The minimum absolute atomic E-state index is 0.129. The summed E-state index contributed by atoms with van der Waals surface area (Å²) in [7, 11) is 0. The summed E-state index contributed by atoms with van der Waals surface area (Å²) in [6.45, 7) is 2.58. The zero-order valence-electron chi connectivity index (χ0n) is 14.6. The lowest BCUT2D eigenvalue weighted by atomic mass is 10.0. The van der Waals surface area contributed by atoms with E-state index in [9.17, 15) is 4.79 Å². The van der Waals surface area contributed by atoms with Gasteiger partial charge >= 0.3 is 0 Å². The first-order valence-corrected chi connectivity index (χ1v) is 10.2. The van der Waals surface area contributed by atoms with Crippen LogP contribution in [0.5, 0.6) is 0 Å². The highest BCUT2D eigenvalue weighted by molar-refractivity contribution is 9.11. The maximum absolute atomic E-state index is 12.4. The van der Waals surface area contributed by atoms with Gasteiger partial charge in [-0.2, -0.15) is 0 Å². The average Bonchev–Trinajstić information content (AvgIpc) is 2.66. The molecule has 1 aromatic heterocycles. The van der Waals surface area contributed by atoms with Crippen molar-refractivity contribution in [2.24, 2.45) is 0 Å². The highest BCUT2D eigenvalue weighted by atomic mass is 79.9. The Labute approximate surface area is 173 Å². The van der Waals surface area contributed by atoms with E-state index < -0.39 is 0 Å². The predicted octanol–water partition coefficient (Wildman–Crippen LogP) is 5.45. The molecule has 0 radical (unpaired) electrons. The number of aromatic amines is 1. The standard InChI is InChI=1S/C21H17Br2N3O/c1-12(14-7-6-13-4-2-3-5-15(13)8-14)24-11-19-25-20-17(21(27)26-19)9-16(22)10-18(20)23/h2-10,12,24H,11H2,1H3,(H,25,26,27)/t12-/m0/s1. The lowest BCUT2D eigenvalue weighted by molar-refractivity contribution is 0.560. The Balaban J connectivity index is 1.58. The van der Waals surface area contributed by atoms with Crippen molar-refractivity contribution in [3.05, 3.63) is 85.3 Å². The molecule has 0 spiro atoms. The van der Waals surface area contributed by atoms with Gasteiger partial charge in [0.25, 0.3) is 5.56 Å². The Kier molecular flexibility index (Phi) is 5.12. The number of nitrogens with one attached hydrogen (secondary N) is 2. The van der Waals surface area contributed by atoms with E-state index >= 15 is 0 Å². The van der Waals surface area contributed by atoms with Crippen LogP contribution in [0.1, 0.15) is 24.4 Å². The van der Waals surface area contributed by atoms with E-state index in [-0.39, 0.29) is 11.6 Å². The van der Waals surface area contributed by atoms with Gasteiger partial charge in [0.1, 0.15) is 5.82 Å². The van der Waals surface area contributed by atoms with Gasteiger partial charge < -0.3 is 10.3 Å². The molecule has 0 saturated carbocycles. The first-order valence-electron chi connectivity index (χ1n) is 8.61. The van der Waals surface area contributed by atoms with E-state index in [1.807, 2.05) is 18.2 Å². The molecule has 1 heterocycles. The SMILES string of the molecule is C[C@H](NCc1nc2c(Br)cc(Br)cc2c(=O)[nH]1)c1ccc2ccccc2c1. The largest absolute Gasteiger partial charge is 0.309 e. The van der Waals surface area contributed by atoms with Gasteiger partial charge in [-0.3, -0.25) is 4.79 Å². The summed E-state index contributed by atoms with van der Waals surface area (Å²) < 4.78 is 1.63. The molecule has 4 aromatic rings. The van der Waals surface area contributed by atoms with E-state index in [1.165, 1.54) is 16.3 Å². The minimum Gasteiger partial charge on any atom is -0.309 e. The summed E-state index contributed by atoms with van der Waals surface area (Å²) in [6.07, 6.45) is 0. The zero-order chi connectivity index (χ0) is 19.0. The van der Waals surface area contributed by atoms with Gasteiger partial charge in [-0.05, 0) is 57.4 Å². The van der Waals surface area contributed by atoms with E-state index in [4.69, 9.17) is 0 Å². The number of hydrogen-bond acceptors (Lipinski definition) is 3. The first kappa shape index (κ1) is 18.3. The summed E-state index contributed by atoms with van der Waals surface area (Å²) in [5.41, 5.74) is 1.72. The maximum Gasteiger partial charge on any atom is 0.258 e. The lowest BCUT2D eigenvalue weighted by Gasteiger charge is -2.15. The molecule has 2 N–H and O–H groups in total. The third kappa shape index (κ3) is 3.83. The smallest absolute Gasteiger partial charge is 0.258 e. The summed E-state index contributed by atoms with van der Waals surface area (Å²) >= 11 is 6.90. The average molecular weight is 487 g/mol. The first-order chi connectivity index (χ1) is 13.0. The fraction of sp³-hybridized carbons (Fsp3) is 0.143. The molecule has 27 heavy (non-hydrogen) atoms. The zero-order valence-corrected chi connectivity index (χ0v) is 17.8. The van der Waals surface area contributed by atoms with Crippen LogP contribution in [0.3, 0.4) is 0 Å². The summed E-state index contributed by atoms with van der Waals surface area (Å²) in [6, 6.07) is 18.6. The second-order valence-corrected chi connectivity index (χ2v) is 8.28. The molecule has 6 heteroatoms. The number of halogens is 2. The van der Waals surface area contributed by atoms with Gasteiger partial charge in [0.2, 0.25) is 0 Å². The van der Waals surface area contributed by atoms with Gasteiger partial charge in [-0.15, -0.1) is 0 Å². The fourth-order valence-electron chi connectivity index (χ4n) is 3.14. The predicted molar refractivity (Wildman–Crippen MR) is 117 cm³/mol. The molecular weight excluding hydrogens is 470 g/mol. The summed E-state index contributed by atoms with van der Waals surface area (Å²) in [5.74, 6) is 0.614. The quantitative estimate of drug-likeness (QED) is 0.403. The summed E-state index contributed by atoms with van der Waals surface area (Å²) in [5, 5.41) is 6.45. The van der Waals surface area contributed by atoms with Gasteiger partial charge in [0.05, 0.1) is 17.4 Å². The molecule has 0 aliphatic carbocycles. The number of nitrogens with zero attached hydrogens (tertiary/aromatic N) is 1. The Morgan fingerprint density at radius 3 is 2.67 bits per heavy atom. The highest BCUT2D eigenvalue weighted by Gasteiger charge is 2.11. The molecule has 1 atom stereocenters. The molecule has 0 bridgehead atoms. The van der Waals surface area contributed by atoms with Gasteiger partial charge in [0.15, 0.2) is 0 Å². The van der Waals surface area contributed by atoms with Crippen molar-refractivity contribution in [2.45, 2.75) is 19.5 Å². The molecule has 4 rings (SSSR count). The van der Waals surface area contributed by atoms with Crippen molar-refractivity contribution >= 4 is 53.5 Å². The van der Waals surface area contributed by atoms with Crippen molar-refractivity contribution in [1.29, 1.82) is 0 Å². The lowest BCUT2D eigenvalue weighted by Crippen LogP contribution is -2.22. The summed E-state index contributed by atoms with van der Waals surface area (Å²) in [4.78, 5) is 19.9. The van der Waals surface area contributed by atoms with E-state index in [1.54, 1.807) is 6.07 Å². The van der Waals surface area contributed by atoms with Gasteiger partial charge in [-0.1, -0.05) is 52.3 Å². The van der Waals surface area contributed by atoms with Crippen molar-refractivity contribution in [3.8, 4) is 0 Å². The van der Waals surface area contributed by atoms with Gasteiger partial charge in [0, 0.05) is 15.0 Å². The third-order valence-corrected chi connectivity index (χ3v) is 5.69. The van der Waals surface area contributed by atoms with Crippen LogP contribution in [0.25, 0.3) is 21.7 Å². The second-order valence-electron chi connectivity index (χ2n) is 6.51. The van der Waals surface area contributed by atoms with Crippen LogP contribution in [-0.2, 0) is 6.54 Å². The number of H-pyrrole nitrogens is 1. The number of rotatable bonds is 4. The van der Waals surface area contributed by atoms with Crippen molar-refractivity contribution in [1.82, 2.24) is 15.3 Å². The number of hydrogen-bond donors (Lipinski definition) is 2. The fourth-order valence-corrected chi connectivity index (χ4v) is 4.46. The van der Waals surface area contributed by atoms with Crippen LogP contribution in [0.2, 0.25) is 0 Å². The van der Waals surface area contributed by atoms with Crippen molar-refractivity contribution in [3.63, 3.8) is 0 Å². The van der Waals surface area contributed by atoms with Crippen LogP contribution in [0, 0.1) is 0 Å². The monoisotopic (exact) mass is 485 g/mol. The number of fused-ring (bicyclic) bond motifs is 2. The number of benzene rings is 3. The molecule has 0 saturated heterocycles. The number of aromatic nitrogens is 2. The van der Waals surface area contributed by atoms with E-state index in [2.05, 4.69) is 84.4 Å². The molecule has 4 nitrogen and oxygen atoms in total. The van der Waals surface area contributed by atoms with E-state index in [0.717, 1.165) is 8.95 Å².